The van der Waals surface area contributed by atoms with E-state index < -0.39 is 0 Å². The van der Waals surface area contributed by atoms with Gasteiger partial charge in [-0.3, -0.25) is 9.78 Å². The number of hydrogen-bond donors (Lipinski definition) is 2. The van der Waals surface area contributed by atoms with Crippen molar-refractivity contribution in [3.05, 3.63) is 79.7 Å². The first-order chi connectivity index (χ1) is 11.5. The molecule has 0 saturated carbocycles. The monoisotopic (exact) mass is 360 g/mol. The molecule has 0 aliphatic rings. The molecule has 0 amide bonds. The van der Waals surface area contributed by atoms with Gasteiger partial charge < -0.3 is 5.32 Å². The van der Waals surface area contributed by atoms with Crippen LogP contribution in [0.1, 0.15) is 16.8 Å². The highest BCUT2D eigenvalue weighted by Crippen LogP contribution is 2.24. The highest BCUT2D eigenvalue weighted by molar-refractivity contribution is 6.31. The van der Waals surface area contributed by atoms with Crippen molar-refractivity contribution in [2.75, 3.05) is 5.32 Å². The summed E-state index contributed by atoms with van der Waals surface area (Å²) in [5, 5.41) is 12.4. The molecule has 1 heterocycles. The molecule has 1 aromatic heterocycles. The first-order valence-electron chi connectivity index (χ1n) is 7.25. The molecule has 24 heavy (non-hydrogen) atoms. The molecule has 0 spiro atoms. The van der Waals surface area contributed by atoms with Gasteiger partial charge in [0.15, 0.2) is 0 Å². The van der Waals surface area contributed by atoms with Gasteiger partial charge in [-0.1, -0.05) is 41.4 Å². The fraction of sp³-hybridized carbons (Fsp3) is 0.118. The Morgan fingerprint density at radius 3 is 2.54 bits per heavy atom. The standard InChI is InChI=1S/C17H14Cl2N4O/c1-10-13(19)3-2-4-14(10)20-17-21-16(24)15(22-23-17)9-11-5-7-12(18)8-6-11/h2-8H,9H2,1H3,(H2,20,21,23,24). The van der Waals surface area contributed by atoms with Crippen LogP contribution in [-0.4, -0.2) is 15.2 Å². The first-order valence-corrected chi connectivity index (χ1v) is 8.01. The summed E-state index contributed by atoms with van der Waals surface area (Å²) >= 11 is 11.9. The second kappa shape index (κ2) is 7.03. The first kappa shape index (κ1) is 16.5. The van der Waals surface area contributed by atoms with E-state index in [-0.39, 0.29) is 11.5 Å². The highest BCUT2D eigenvalue weighted by atomic mass is 35.5. The van der Waals surface area contributed by atoms with Gasteiger partial charge in [-0.25, -0.2) is 0 Å². The molecular weight excluding hydrogens is 347 g/mol. The van der Waals surface area contributed by atoms with E-state index in [2.05, 4.69) is 20.5 Å². The fourth-order valence-corrected chi connectivity index (χ4v) is 2.50. The van der Waals surface area contributed by atoms with Crippen LogP contribution in [0.3, 0.4) is 0 Å². The van der Waals surface area contributed by atoms with Crippen molar-refractivity contribution >= 4 is 34.8 Å². The number of nitrogens with zero attached hydrogens (tertiary/aromatic N) is 2. The van der Waals surface area contributed by atoms with E-state index in [1.54, 1.807) is 18.2 Å². The molecule has 122 valence electrons. The van der Waals surface area contributed by atoms with E-state index in [4.69, 9.17) is 23.2 Å². The summed E-state index contributed by atoms with van der Waals surface area (Å²) in [5.74, 6) is 0.269. The van der Waals surface area contributed by atoms with Crippen molar-refractivity contribution in [3.8, 4) is 0 Å². The number of halogens is 2. The molecule has 2 aromatic carbocycles. The van der Waals surface area contributed by atoms with E-state index in [9.17, 15) is 4.79 Å². The van der Waals surface area contributed by atoms with Gasteiger partial charge in [-0.15, -0.1) is 10.2 Å². The van der Waals surface area contributed by atoms with Crippen LogP contribution in [0.2, 0.25) is 10.0 Å². The maximum atomic E-state index is 12.2. The van der Waals surface area contributed by atoms with Crippen LogP contribution in [0.15, 0.2) is 47.3 Å². The Balaban J connectivity index is 1.81. The Morgan fingerprint density at radius 1 is 1.08 bits per heavy atom. The Hall–Kier alpha value is -2.37. The summed E-state index contributed by atoms with van der Waals surface area (Å²) in [6, 6.07) is 12.7. The molecule has 3 aromatic rings. The predicted molar refractivity (Wildman–Crippen MR) is 96.4 cm³/mol. The van der Waals surface area contributed by atoms with Crippen LogP contribution in [-0.2, 0) is 6.42 Å². The molecule has 7 heteroatoms. The summed E-state index contributed by atoms with van der Waals surface area (Å²) in [5.41, 5.74) is 2.61. The summed E-state index contributed by atoms with van der Waals surface area (Å²) in [7, 11) is 0. The minimum Gasteiger partial charge on any atom is -0.324 e. The molecule has 0 saturated heterocycles. The van der Waals surface area contributed by atoms with E-state index in [1.807, 2.05) is 31.2 Å². The van der Waals surface area contributed by atoms with Gasteiger partial charge >= 0.3 is 0 Å². The van der Waals surface area contributed by atoms with Crippen molar-refractivity contribution in [2.24, 2.45) is 0 Å². The van der Waals surface area contributed by atoms with Crippen LogP contribution in [0.5, 0.6) is 0 Å². The molecule has 3 rings (SSSR count). The lowest BCUT2D eigenvalue weighted by molar-refractivity contribution is 0.874. The van der Waals surface area contributed by atoms with Crippen molar-refractivity contribution in [3.63, 3.8) is 0 Å². The third kappa shape index (κ3) is 3.75. The predicted octanol–water partition coefficient (Wildman–Crippen LogP) is 4.11. The number of nitrogens with one attached hydrogen (secondary N) is 2. The molecule has 0 fully saturated rings. The van der Waals surface area contributed by atoms with Crippen molar-refractivity contribution < 1.29 is 0 Å². The number of aromatic nitrogens is 3. The zero-order chi connectivity index (χ0) is 17.1. The molecule has 0 radical (unpaired) electrons. The lowest BCUT2D eigenvalue weighted by Gasteiger charge is -2.09. The Bertz CT molecular complexity index is 923. The molecule has 0 unspecified atom stereocenters. The SMILES string of the molecule is Cc1c(Cl)cccc1Nc1nnc(Cc2ccc(Cl)cc2)c(=O)[nH]1. The summed E-state index contributed by atoms with van der Waals surface area (Å²) < 4.78 is 0. The normalized spacial score (nSPS) is 10.6. The van der Waals surface area contributed by atoms with Gasteiger partial charge in [0.1, 0.15) is 5.69 Å². The van der Waals surface area contributed by atoms with Crippen molar-refractivity contribution in [2.45, 2.75) is 13.3 Å². The lowest BCUT2D eigenvalue weighted by Crippen LogP contribution is -2.19. The Labute approximate surface area is 148 Å². The number of aromatic amines is 1. The van der Waals surface area contributed by atoms with E-state index in [1.165, 1.54) is 0 Å². The van der Waals surface area contributed by atoms with Gasteiger partial charge in [0.25, 0.3) is 5.56 Å². The number of benzene rings is 2. The average Bonchev–Trinajstić information content (AvgIpc) is 2.56. The molecule has 0 atom stereocenters. The van der Waals surface area contributed by atoms with Crippen molar-refractivity contribution in [1.29, 1.82) is 0 Å². The van der Waals surface area contributed by atoms with Crippen LogP contribution in [0.25, 0.3) is 0 Å². The van der Waals surface area contributed by atoms with Gasteiger partial charge in [0.05, 0.1) is 0 Å². The van der Waals surface area contributed by atoms with Crippen LogP contribution in [0.4, 0.5) is 11.6 Å². The highest BCUT2D eigenvalue weighted by Gasteiger charge is 2.08. The zero-order valence-corrected chi connectivity index (χ0v) is 14.3. The summed E-state index contributed by atoms with van der Waals surface area (Å²) in [6.07, 6.45) is 0.385. The molecule has 5 nitrogen and oxygen atoms in total. The van der Waals surface area contributed by atoms with Gasteiger partial charge in [0.2, 0.25) is 5.95 Å². The molecule has 0 bridgehead atoms. The smallest absolute Gasteiger partial charge is 0.274 e. The lowest BCUT2D eigenvalue weighted by atomic mass is 10.1. The third-order valence-electron chi connectivity index (χ3n) is 3.57. The van der Waals surface area contributed by atoms with Crippen LogP contribution < -0.4 is 10.9 Å². The summed E-state index contributed by atoms with van der Waals surface area (Å²) in [4.78, 5) is 14.9. The minimum absolute atomic E-state index is 0.269. The summed E-state index contributed by atoms with van der Waals surface area (Å²) in [6.45, 7) is 1.88. The van der Waals surface area contributed by atoms with Gasteiger partial charge in [-0.05, 0) is 42.3 Å². The number of hydrogen-bond acceptors (Lipinski definition) is 4. The molecular formula is C17H14Cl2N4O. The number of H-pyrrole nitrogens is 1. The number of anilines is 2. The van der Waals surface area contributed by atoms with Gasteiger partial charge in [0, 0.05) is 22.2 Å². The fourth-order valence-electron chi connectivity index (χ4n) is 2.20. The second-order valence-corrected chi connectivity index (χ2v) is 6.13. The Morgan fingerprint density at radius 2 is 1.83 bits per heavy atom. The van der Waals surface area contributed by atoms with Crippen LogP contribution in [0, 0.1) is 6.92 Å². The zero-order valence-electron chi connectivity index (χ0n) is 12.8. The van der Waals surface area contributed by atoms with Crippen LogP contribution >= 0.6 is 23.2 Å². The second-order valence-electron chi connectivity index (χ2n) is 5.29. The van der Waals surface area contributed by atoms with Gasteiger partial charge in [-0.2, -0.15) is 0 Å². The molecule has 0 aliphatic heterocycles. The maximum absolute atomic E-state index is 12.2. The van der Waals surface area contributed by atoms with E-state index in [0.29, 0.717) is 22.2 Å². The number of rotatable bonds is 4. The quantitative estimate of drug-likeness (QED) is 0.734. The van der Waals surface area contributed by atoms with E-state index >= 15 is 0 Å². The molecule has 0 aliphatic carbocycles. The third-order valence-corrected chi connectivity index (χ3v) is 4.23. The molecule has 2 N–H and O–H groups in total. The topological polar surface area (TPSA) is 70.7 Å². The average molecular weight is 361 g/mol. The largest absolute Gasteiger partial charge is 0.324 e. The van der Waals surface area contributed by atoms with Crippen molar-refractivity contribution in [1.82, 2.24) is 15.2 Å². The van der Waals surface area contributed by atoms with E-state index in [0.717, 1.165) is 16.8 Å². The minimum atomic E-state index is -0.290. The maximum Gasteiger partial charge on any atom is 0.274 e. The Kier molecular flexibility index (Phi) is 4.83.